The van der Waals surface area contributed by atoms with Gasteiger partial charge in [0.05, 0.1) is 0 Å². The van der Waals surface area contributed by atoms with Crippen LogP contribution in [-0.4, -0.2) is 0 Å². The second kappa shape index (κ2) is 12.4. The van der Waals surface area contributed by atoms with Crippen molar-refractivity contribution in [3.05, 3.63) is 0 Å². The molecule has 0 bridgehead atoms. The zero-order valence-electron chi connectivity index (χ0n) is 17.8. The van der Waals surface area contributed by atoms with Gasteiger partial charge < -0.3 is 0 Å². The third-order valence-electron chi connectivity index (χ3n) is 7.80. The van der Waals surface area contributed by atoms with E-state index in [4.69, 9.17) is 0 Å². The maximum Gasteiger partial charge on any atom is -0.0241 e. The van der Waals surface area contributed by atoms with E-state index in [1.54, 1.807) is 32.1 Å². The van der Waals surface area contributed by atoms with Gasteiger partial charge in [-0.05, 0) is 55.8 Å². The topological polar surface area (TPSA) is 0 Å². The molecule has 0 atom stereocenters. The largest absolute Gasteiger partial charge is 0.0654 e. The van der Waals surface area contributed by atoms with Crippen LogP contribution in [0.3, 0.4) is 0 Å². The van der Waals surface area contributed by atoms with E-state index in [1.807, 2.05) is 0 Å². The van der Waals surface area contributed by atoms with E-state index < -0.39 is 0 Å². The molecule has 0 radical (unpaired) electrons. The van der Waals surface area contributed by atoms with Gasteiger partial charge in [0.15, 0.2) is 0 Å². The predicted octanol–water partition coefficient (Wildman–Crippen LogP) is 9.07. The first-order valence-electron chi connectivity index (χ1n) is 12.3. The van der Waals surface area contributed by atoms with Gasteiger partial charge in [-0.2, -0.15) is 0 Å². The van der Waals surface area contributed by atoms with E-state index >= 15 is 0 Å². The van der Waals surface area contributed by atoms with Gasteiger partial charge in [0.1, 0.15) is 0 Å². The molecule has 0 unspecified atom stereocenters. The van der Waals surface area contributed by atoms with E-state index in [0.29, 0.717) is 0 Å². The normalized spacial score (nSPS) is 20.9. The van der Waals surface area contributed by atoms with Gasteiger partial charge in [-0.15, -0.1) is 0 Å². The molecule has 0 spiro atoms. The van der Waals surface area contributed by atoms with Crippen molar-refractivity contribution < 1.29 is 0 Å². The number of rotatable bonds is 12. The lowest BCUT2D eigenvalue weighted by molar-refractivity contribution is 0.00180. The molecule has 25 heavy (non-hydrogen) atoms. The Morgan fingerprint density at radius 2 is 1.00 bits per heavy atom. The standard InChI is InChI=1S/C25H48/c1-3-5-6-7-8-9-16-22-25(21-4-2,23-17-12-10-13-18-23)24-19-14-11-15-20-24/h23-24H,3-22H2,1-2H3. The summed E-state index contributed by atoms with van der Waals surface area (Å²) in [6, 6.07) is 0. The van der Waals surface area contributed by atoms with Crippen LogP contribution in [0.25, 0.3) is 0 Å². The lowest BCUT2D eigenvalue weighted by Crippen LogP contribution is -2.40. The molecule has 0 aromatic rings. The summed E-state index contributed by atoms with van der Waals surface area (Å²) in [5.74, 6) is 2.15. The Balaban J connectivity index is 1.93. The maximum absolute atomic E-state index is 2.46. The summed E-state index contributed by atoms with van der Waals surface area (Å²) in [6.45, 7) is 4.79. The molecule has 2 fully saturated rings. The maximum atomic E-state index is 2.46. The lowest BCUT2D eigenvalue weighted by Gasteiger charge is -2.50. The minimum absolute atomic E-state index is 0.735. The fraction of sp³-hybridized carbons (Fsp3) is 1.00. The molecule has 2 aliphatic rings. The quantitative estimate of drug-likeness (QED) is 0.308. The molecular weight excluding hydrogens is 300 g/mol. The predicted molar refractivity (Wildman–Crippen MR) is 113 cm³/mol. The van der Waals surface area contributed by atoms with Crippen molar-refractivity contribution >= 4 is 0 Å². The number of hydrogen-bond acceptors (Lipinski definition) is 0. The zero-order chi connectivity index (χ0) is 17.8. The van der Waals surface area contributed by atoms with Crippen molar-refractivity contribution in [3.63, 3.8) is 0 Å². The van der Waals surface area contributed by atoms with E-state index in [9.17, 15) is 0 Å². The van der Waals surface area contributed by atoms with Gasteiger partial charge in [-0.3, -0.25) is 0 Å². The Hall–Kier alpha value is 0. The van der Waals surface area contributed by atoms with Crippen LogP contribution in [0, 0.1) is 17.3 Å². The molecule has 0 heterocycles. The molecule has 2 aliphatic carbocycles. The summed E-state index contributed by atoms with van der Waals surface area (Å²) in [7, 11) is 0. The molecule has 0 nitrogen and oxygen atoms in total. The van der Waals surface area contributed by atoms with Crippen LogP contribution in [-0.2, 0) is 0 Å². The molecule has 0 heteroatoms. The molecule has 0 aliphatic heterocycles. The molecule has 0 saturated heterocycles. The first-order valence-corrected chi connectivity index (χ1v) is 12.3. The Labute approximate surface area is 159 Å². The molecule has 148 valence electrons. The molecule has 0 N–H and O–H groups in total. The summed E-state index contributed by atoms with van der Waals surface area (Å²) >= 11 is 0. The van der Waals surface area contributed by atoms with Gasteiger partial charge in [0.25, 0.3) is 0 Å². The van der Waals surface area contributed by atoms with Crippen LogP contribution >= 0.6 is 0 Å². The summed E-state index contributed by atoms with van der Waals surface area (Å²) in [5, 5.41) is 0. The van der Waals surface area contributed by atoms with E-state index in [-0.39, 0.29) is 0 Å². The van der Waals surface area contributed by atoms with Gasteiger partial charge in [-0.25, -0.2) is 0 Å². The van der Waals surface area contributed by atoms with Crippen molar-refractivity contribution in [1.82, 2.24) is 0 Å². The fourth-order valence-electron chi connectivity index (χ4n) is 6.51. The fourth-order valence-corrected chi connectivity index (χ4v) is 6.51. The van der Waals surface area contributed by atoms with Gasteiger partial charge >= 0.3 is 0 Å². The van der Waals surface area contributed by atoms with Crippen molar-refractivity contribution in [1.29, 1.82) is 0 Å². The SMILES string of the molecule is CCCCCCCCCC(CCC)(C1CCCCC1)C1CCCCC1. The second-order valence-electron chi connectivity index (χ2n) is 9.52. The first kappa shape index (κ1) is 21.3. The molecule has 2 saturated carbocycles. The minimum Gasteiger partial charge on any atom is -0.0654 e. The van der Waals surface area contributed by atoms with Gasteiger partial charge in [-0.1, -0.05) is 104 Å². The lowest BCUT2D eigenvalue weighted by atomic mass is 9.55. The average molecular weight is 349 g/mol. The minimum atomic E-state index is 0.735. The van der Waals surface area contributed by atoms with Crippen molar-refractivity contribution in [2.24, 2.45) is 17.3 Å². The number of unbranched alkanes of at least 4 members (excludes halogenated alkanes) is 6. The monoisotopic (exact) mass is 348 g/mol. The molecule has 0 amide bonds. The Morgan fingerprint density at radius 1 is 0.520 bits per heavy atom. The highest BCUT2D eigenvalue weighted by molar-refractivity contribution is 4.94. The molecule has 0 aromatic heterocycles. The third-order valence-corrected chi connectivity index (χ3v) is 7.80. The first-order chi connectivity index (χ1) is 12.3. The zero-order valence-corrected chi connectivity index (χ0v) is 17.8. The van der Waals surface area contributed by atoms with E-state index in [0.717, 1.165) is 17.3 Å². The molecule has 0 aromatic carbocycles. The smallest absolute Gasteiger partial charge is 0.0241 e. The Morgan fingerprint density at radius 3 is 1.48 bits per heavy atom. The summed E-state index contributed by atoms with van der Waals surface area (Å²) in [5.41, 5.74) is 0.735. The van der Waals surface area contributed by atoms with Crippen LogP contribution in [0.15, 0.2) is 0 Å². The Bertz CT molecular complexity index is 288. The highest BCUT2D eigenvalue weighted by Crippen LogP contribution is 2.54. The van der Waals surface area contributed by atoms with Crippen LogP contribution in [0.4, 0.5) is 0 Å². The summed E-state index contributed by atoms with van der Waals surface area (Å²) in [4.78, 5) is 0. The van der Waals surface area contributed by atoms with Gasteiger partial charge in [0.2, 0.25) is 0 Å². The van der Waals surface area contributed by atoms with Crippen LogP contribution in [0.2, 0.25) is 0 Å². The highest BCUT2D eigenvalue weighted by atomic mass is 14.5. The second-order valence-corrected chi connectivity index (χ2v) is 9.52. The number of hydrogen-bond donors (Lipinski definition) is 0. The van der Waals surface area contributed by atoms with Gasteiger partial charge in [0, 0.05) is 0 Å². The van der Waals surface area contributed by atoms with Crippen LogP contribution in [0.1, 0.15) is 142 Å². The highest BCUT2D eigenvalue weighted by Gasteiger charge is 2.43. The van der Waals surface area contributed by atoms with Crippen LogP contribution in [0.5, 0.6) is 0 Å². The van der Waals surface area contributed by atoms with E-state index in [2.05, 4.69) is 13.8 Å². The van der Waals surface area contributed by atoms with Crippen molar-refractivity contribution in [3.8, 4) is 0 Å². The summed E-state index contributed by atoms with van der Waals surface area (Å²) in [6.07, 6.45) is 30.2. The van der Waals surface area contributed by atoms with E-state index in [1.165, 1.54) is 96.3 Å². The van der Waals surface area contributed by atoms with Crippen molar-refractivity contribution in [2.75, 3.05) is 0 Å². The molecular formula is C25H48. The van der Waals surface area contributed by atoms with Crippen LogP contribution < -0.4 is 0 Å². The molecule has 2 rings (SSSR count). The third kappa shape index (κ3) is 6.59. The van der Waals surface area contributed by atoms with Crippen molar-refractivity contribution in [2.45, 2.75) is 142 Å². The average Bonchev–Trinajstić information content (AvgIpc) is 2.68. The summed E-state index contributed by atoms with van der Waals surface area (Å²) < 4.78 is 0. The Kier molecular flexibility index (Phi) is 10.6.